The summed E-state index contributed by atoms with van der Waals surface area (Å²) in [5, 5.41) is -8.17. The molecule has 6 rings (SSSR count). The molecule has 2 aliphatic carbocycles. The maximum Gasteiger partial charge on any atom is 0.0809 e. The molecule has 0 aliphatic heterocycles. The maximum absolute atomic E-state index is 7.07. The van der Waals surface area contributed by atoms with Gasteiger partial charge < -0.3 is 0 Å². The molecule has 0 amide bonds. The van der Waals surface area contributed by atoms with E-state index < -0.39 is 0 Å². The number of hydrogen-bond donors (Lipinski definition) is 0. The van der Waals surface area contributed by atoms with Gasteiger partial charge in [0.1, 0.15) is 0 Å². The number of halogens is 28. The SMILES string of the molecule is ClC1=C(Cl)/C(=C(\c2c(Cl)c(Cl)c(Cl)c(Cl)c2Cl)c2c(Cl)c(Cl)c(C#C[C-]3C(Cl)=C(Cl)C(=C(c4c(Cl)c(Cl)c(Cl)c(Cl)c4Cl)c4c(Cl)c(Cl)c(Cl)c(Cl)c4Cl)C(Cl)=C3Cl)c(Cl)c2Cl)[C-](Cl)C(Cl)=C1Cl. The lowest BCUT2D eigenvalue weighted by molar-refractivity contribution is 1.34. The van der Waals surface area contributed by atoms with Crippen LogP contribution in [0.15, 0.2) is 51.4 Å². The first-order valence-electron chi connectivity index (χ1n) is 16.5. The smallest absolute Gasteiger partial charge is 0.0809 e. The summed E-state index contributed by atoms with van der Waals surface area (Å²) in [6, 6.07) is 0. The van der Waals surface area contributed by atoms with E-state index in [-0.39, 0.29) is 197 Å². The zero-order valence-corrected chi connectivity index (χ0v) is 51.7. The Bertz CT molecular complexity index is 3050. The zero-order valence-electron chi connectivity index (χ0n) is 30.6. The van der Waals surface area contributed by atoms with Gasteiger partial charge in [0.05, 0.1) is 95.4 Å². The van der Waals surface area contributed by atoms with Gasteiger partial charge >= 0.3 is 0 Å². The molecule has 0 saturated carbocycles. The summed E-state index contributed by atoms with van der Waals surface area (Å²) < 4.78 is 0. The molecular formula is C40Cl28-2. The number of rotatable bonds is 4. The molecule has 0 unspecified atom stereocenters. The largest absolute Gasteiger partial charge is 0.173 e. The normalized spacial score (nSPS) is 15.4. The van der Waals surface area contributed by atoms with Gasteiger partial charge in [0.25, 0.3) is 0 Å². The predicted octanol–water partition coefficient (Wildman–Crippen LogP) is 26.9. The summed E-state index contributed by atoms with van der Waals surface area (Å²) in [6.07, 6.45) is 0. The zero-order chi connectivity index (χ0) is 51.4. The van der Waals surface area contributed by atoms with Gasteiger partial charge in [-0.1, -0.05) is 232 Å². The lowest BCUT2D eigenvalue weighted by Crippen LogP contribution is -2.11. The fourth-order valence-corrected chi connectivity index (χ4v) is 13.7. The Morgan fingerprint density at radius 1 is 0.279 bits per heavy atom. The molecule has 0 N–H and O–H groups in total. The molecule has 4 aromatic carbocycles. The Balaban J connectivity index is 1.67. The first kappa shape index (κ1) is 60.0. The minimum atomic E-state index is -0.366. The molecule has 4 aromatic rings. The van der Waals surface area contributed by atoms with Crippen molar-refractivity contribution in [2.45, 2.75) is 0 Å². The molecule has 0 aromatic heterocycles. The van der Waals surface area contributed by atoms with E-state index in [9.17, 15) is 0 Å². The second-order valence-electron chi connectivity index (χ2n) is 12.8. The van der Waals surface area contributed by atoms with Crippen molar-refractivity contribution in [2.75, 3.05) is 0 Å². The van der Waals surface area contributed by atoms with E-state index in [1.54, 1.807) is 0 Å². The van der Waals surface area contributed by atoms with Crippen LogP contribution in [0.3, 0.4) is 0 Å². The van der Waals surface area contributed by atoms with Gasteiger partial charge in [0.15, 0.2) is 0 Å². The topological polar surface area (TPSA) is 0 Å². The lowest BCUT2D eigenvalue weighted by Gasteiger charge is -2.34. The fraction of sp³-hybridized carbons (Fsp3) is 0. The molecule has 358 valence electrons. The van der Waals surface area contributed by atoms with Crippen LogP contribution in [0.4, 0.5) is 0 Å². The number of benzene rings is 4. The molecule has 2 aliphatic rings. The minimum absolute atomic E-state index is 0.184. The van der Waals surface area contributed by atoms with Crippen molar-refractivity contribution in [2.24, 2.45) is 0 Å². The fourth-order valence-electron chi connectivity index (χ4n) is 6.09. The third-order valence-electron chi connectivity index (χ3n) is 9.18. The maximum atomic E-state index is 7.07. The first-order chi connectivity index (χ1) is 31.5. The van der Waals surface area contributed by atoms with Gasteiger partial charge in [-0.15, -0.1) is 110 Å². The molecular weight excluding hydrogens is 1470 g/mol. The minimum Gasteiger partial charge on any atom is -0.173 e. The van der Waals surface area contributed by atoms with E-state index in [1.807, 2.05) is 0 Å². The third-order valence-corrected chi connectivity index (χ3v) is 21.7. The van der Waals surface area contributed by atoms with Crippen LogP contribution in [0, 0.1) is 23.1 Å². The van der Waals surface area contributed by atoms with E-state index in [4.69, 9.17) is 325 Å². The molecule has 0 nitrogen and oxygen atoms in total. The van der Waals surface area contributed by atoms with E-state index in [2.05, 4.69) is 11.8 Å². The average Bonchev–Trinajstić information content (AvgIpc) is 3.30. The Morgan fingerprint density at radius 3 is 0.882 bits per heavy atom. The van der Waals surface area contributed by atoms with Crippen LogP contribution in [-0.4, -0.2) is 0 Å². The summed E-state index contributed by atoms with van der Waals surface area (Å²) >= 11 is 188. The van der Waals surface area contributed by atoms with Crippen molar-refractivity contribution < 1.29 is 0 Å². The summed E-state index contributed by atoms with van der Waals surface area (Å²) in [6.45, 7) is 0. The highest BCUT2D eigenvalue weighted by Gasteiger charge is 2.35. The summed E-state index contributed by atoms with van der Waals surface area (Å²) in [5.41, 5.74) is -1.80. The van der Waals surface area contributed by atoms with E-state index in [0.29, 0.717) is 0 Å². The van der Waals surface area contributed by atoms with Gasteiger partial charge in [-0.25, -0.2) is 0 Å². The summed E-state index contributed by atoms with van der Waals surface area (Å²) in [5.74, 6) is 5.29. The molecule has 0 radical (unpaired) electrons. The monoisotopic (exact) mass is 1460 g/mol. The Morgan fingerprint density at radius 2 is 0.559 bits per heavy atom. The second-order valence-corrected chi connectivity index (χ2v) is 23.4. The molecule has 0 spiro atoms. The van der Waals surface area contributed by atoms with Gasteiger partial charge in [-0.2, -0.15) is 11.8 Å². The van der Waals surface area contributed by atoms with Crippen molar-refractivity contribution >= 4 is 336 Å². The van der Waals surface area contributed by atoms with Crippen LogP contribution in [-0.2, 0) is 0 Å². The van der Waals surface area contributed by atoms with Crippen LogP contribution in [0.1, 0.15) is 27.8 Å². The lowest BCUT2D eigenvalue weighted by atomic mass is 9.88. The Hall–Kier alpha value is 2.74. The molecule has 28 heteroatoms. The van der Waals surface area contributed by atoms with E-state index in [1.165, 1.54) is 0 Å². The first-order valence-corrected chi connectivity index (χ1v) is 27.1. The molecule has 68 heavy (non-hydrogen) atoms. The standard InChI is InChI=1S/C40Cl28/c41-13-3(14(42)18(46)7(17(13)45)5(9-21(49)29(57)37(65)30(58)22(9)50)10-23(51)31(59)38(66)32(60)24(10)52)1-2-4-15(43)19(47)8(20(48)16(4)44)6(11-25(53)33(61)39(67)34(62)26(11)54)12-27(55)35(63)40(68)36(64)28(12)56/q-2. The van der Waals surface area contributed by atoms with Crippen LogP contribution < -0.4 is 0 Å². The van der Waals surface area contributed by atoms with Crippen LogP contribution in [0.25, 0.3) is 11.1 Å². The summed E-state index contributed by atoms with van der Waals surface area (Å²) in [4.78, 5) is 0. The van der Waals surface area contributed by atoms with Gasteiger partial charge in [0, 0.05) is 16.7 Å². The highest BCUT2D eigenvalue weighted by atomic mass is 35.5. The van der Waals surface area contributed by atoms with Gasteiger partial charge in [-0.3, -0.25) is 0 Å². The Kier molecular flexibility index (Phi) is 20.6. The van der Waals surface area contributed by atoms with Gasteiger partial charge in [0.2, 0.25) is 0 Å². The highest BCUT2D eigenvalue weighted by Crippen LogP contribution is 2.60. The molecule has 0 saturated heterocycles. The van der Waals surface area contributed by atoms with Crippen LogP contribution in [0.5, 0.6) is 0 Å². The van der Waals surface area contributed by atoms with Crippen molar-refractivity contribution in [1.29, 1.82) is 0 Å². The van der Waals surface area contributed by atoms with Crippen molar-refractivity contribution in [3.8, 4) is 11.8 Å². The average molecular weight is 1470 g/mol. The highest BCUT2D eigenvalue weighted by molar-refractivity contribution is 6.62. The van der Waals surface area contributed by atoms with E-state index >= 15 is 0 Å². The van der Waals surface area contributed by atoms with Crippen LogP contribution >= 0.6 is 325 Å². The van der Waals surface area contributed by atoms with E-state index in [0.717, 1.165) is 0 Å². The second kappa shape index (κ2) is 23.4. The summed E-state index contributed by atoms with van der Waals surface area (Å²) in [7, 11) is 0. The van der Waals surface area contributed by atoms with Crippen LogP contribution in [0.2, 0.25) is 95.4 Å². The molecule has 0 heterocycles. The predicted molar refractivity (Wildman–Crippen MR) is 307 cm³/mol. The van der Waals surface area contributed by atoms with Gasteiger partial charge in [-0.05, 0) is 68.3 Å². The molecule has 0 atom stereocenters. The molecule has 0 bridgehead atoms. The number of allylic oxidation sites excluding steroid dienone is 10. The van der Waals surface area contributed by atoms with Crippen molar-refractivity contribution in [1.82, 2.24) is 0 Å². The van der Waals surface area contributed by atoms with Crippen molar-refractivity contribution in [3.63, 3.8) is 0 Å². The quantitative estimate of drug-likeness (QED) is 0.0827. The third kappa shape index (κ3) is 10.2. The Labute approximate surface area is 526 Å². The number of hydrogen-bond acceptors (Lipinski definition) is 0. The van der Waals surface area contributed by atoms with Crippen molar-refractivity contribution in [3.05, 3.63) is 186 Å². The molecule has 0 fully saturated rings.